The van der Waals surface area contributed by atoms with E-state index in [4.69, 9.17) is 0 Å². The molecular formula is C24H25FN2O3S2. The topological polar surface area (TPSA) is 57.7 Å². The van der Waals surface area contributed by atoms with Gasteiger partial charge in [-0.2, -0.15) is 4.31 Å². The first kappa shape index (κ1) is 22.6. The summed E-state index contributed by atoms with van der Waals surface area (Å²) >= 11 is 1.56. The highest BCUT2D eigenvalue weighted by molar-refractivity contribution is 7.89. The number of hydrogen-bond acceptors (Lipinski definition) is 4. The molecule has 32 heavy (non-hydrogen) atoms. The molecule has 1 heterocycles. The monoisotopic (exact) mass is 472 g/mol. The lowest BCUT2D eigenvalue weighted by molar-refractivity contribution is -0.132. The van der Waals surface area contributed by atoms with Gasteiger partial charge in [0.05, 0.1) is 18.0 Å². The normalized spacial score (nSPS) is 14.0. The van der Waals surface area contributed by atoms with Gasteiger partial charge in [0, 0.05) is 17.5 Å². The van der Waals surface area contributed by atoms with E-state index < -0.39 is 10.0 Å². The Hall–Kier alpha value is -2.55. The summed E-state index contributed by atoms with van der Waals surface area (Å²) in [4.78, 5) is 16.3. The van der Waals surface area contributed by atoms with Crippen LogP contribution in [0, 0.1) is 12.7 Å². The van der Waals surface area contributed by atoms with E-state index in [2.05, 4.69) is 0 Å². The van der Waals surface area contributed by atoms with Crippen molar-refractivity contribution in [3.8, 4) is 0 Å². The molecule has 1 aliphatic rings. The second-order valence-corrected chi connectivity index (χ2v) is 10.9. The van der Waals surface area contributed by atoms with Crippen LogP contribution in [0.25, 0.3) is 0 Å². The standard InChI is InChI=1S/C24H25FN2O3S2/c1-18-13-14-31-23(18)16-26(15-19-7-9-20(25)10-8-19)24(28)17-27(21-11-12-21)32(29,30)22-5-3-2-4-6-22/h2-10,13-14,21H,11-12,15-17H2,1H3. The van der Waals surface area contributed by atoms with Crippen molar-refractivity contribution in [3.05, 3.63) is 87.9 Å². The van der Waals surface area contributed by atoms with Crippen LogP contribution in [0.4, 0.5) is 4.39 Å². The second-order valence-electron chi connectivity index (χ2n) is 8.00. The number of rotatable bonds is 9. The van der Waals surface area contributed by atoms with Gasteiger partial charge >= 0.3 is 0 Å². The van der Waals surface area contributed by atoms with Gasteiger partial charge in [0.1, 0.15) is 5.82 Å². The van der Waals surface area contributed by atoms with Crippen molar-refractivity contribution >= 4 is 27.3 Å². The Morgan fingerprint density at radius 2 is 1.72 bits per heavy atom. The fourth-order valence-corrected chi connectivity index (χ4v) is 6.09. The highest BCUT2D eigenvalue weighted by atomic mass is 32.2. The first-order valence-corrected chi connectivity index (χ1v) is 12.8. The maximum atomic E-state index is 13.4. The zero-order valence-corrected chi connectivity index (χ0v) is 19.4. The van der Waals surface area contributed by atoms with Crippen molar-refractivity contribution < 1.29 is 17.6 Å². The Morgan fingerprint density at radius 1 is 1.03 bits per heavy atom. The molecule has 5 nitrogen and oxygen atoms in total. The van der Waals surface area contributed by atoms with Gasteiger partial charge in [-0.1, -0.05) is 30.3 Å². The van der Waals surface area contributed by atoms with E-state index in [9.17, 15) is 17.6 Å². The van der Waals surface area contributed by atoms with Gasteiger partial charge in [0.15, 0.2) is 0 Å². The molecule has 1 aromatic heterocycles. The summed E-state index contributed by atoms with van der Waals surface area (Å²) in [6, 6.07) is 16.1. The quantitative estimate of drug-likeness (QED) is 0.458. The van der Waals surface area contributed by atoms with E-state index in [1.54, 1.807) is 58.7 Å². The predicted octanol–water partition coefficient (Wildman–Crippen LogP) is 4.58. The van der Waals surface area contributed by atoms with Crippen LogP contribution in [-0.4, -0.2) is 36.1 Å². The summed E-state index contributed by atoms with van der Waals surface area (Å²) in [5.41, 5.74) is 1.88. The molecule has 0 saturated heterocycles. The van der Waals surface area contributed by atoms with Gasteiger partial charge in [-0.05, 0) is 66.6 Å². The summed E-state index contributed by atoms with van der Waals surface area (Å²) < 4.78 is 41.2. The van der Waals surface area contributed by atoms with Crippen LogP contribution < -0.4 is 0 Å². The van der Waals surface area contributed by atoms with Crippen LogP contribution in [-0.2, 0) is 27.9 Å². The molecule has 3 aromatic rings. The average molecular weight is 473 g/mol. The lowest BCUT2D eigenvalue weighted by Gasteiger charge is -2.27. The molecule has 1 fully saturated rings. The maximum Gasteiger partial charge on any atom is 0.243 e. The van der Waals surface area contributed by atoms with Crippen molar-refractivity contribution in [1.82, 2.24) is 9.21 Å². The number of halogens is 1. The Labute approximate surface area is 192 Å². The number of nitrogens with zero attached hydrogens (tertiary/aromatic N) is 2. The third-order valence-electron chi connectivity index (χ3n) is 5.54. The lowest BCUT2D eigenvalue weighted by Crippen LogP contribution is -2.43. The van der Waals surface area contributed by atoms with Gasteiger partial charge in [-0.25, -0.2) is 12.8 Å². The number of carbonyl (C=O) groups excluding carboxylic acids is 1. The van der Waals surface area contributed by atoms with Gasteiger partial charge in [0.25, 0.3) is 0 Å². The number of sulfonamides is 1. The van der Waals surface area contributed by atoms with Crippen LogP contribution in [0.15, 0.2) is 70.9 Å². The largest absolute Gasteiger partial charge is 0.332 e. The van der Waals surface area contributed by atoms with Gasteiger partial charge in [-0.3, -0.25) is 4.79 Å². The molecule has 0 bridgehead atoms. The van der Waals surface area contributed by atoms with Crippen molar-refractivity contribution in [2.45, 2.75) is 43.8 Å². The molecule has 1 amide bonds. The Kier molecular flexibility index (Phi) is 6.74. The highest BCUT2D eigenvalue weighted by Gasteiger charge is 2.40. The van der Waals surface area contributed by atoms with E-state index in [1.165, 1.54) is 16.4 Å². The van der Waals surface area contributed by atoms with Gasteiger partial charge in [0.2, 0.25) is 15.9 Å². The minimum atomic E-state index is -3.78. The summed E-state index contributed by atoms with van der Waals surface area (Å²) in [5, 5.41) is 1.97. The van der Waals surface area contributed by atoms with Crippen LogP contribution in [0.3, 0.4) is 0 Å². The molecule has 0 aliphatic heterocycles. The minimum Gasteiger partial charge on any atom is -0.332 e. The molecule has 0 spiro atoms. The van der Waals surface area contributed by atoms with Crippen molar-refractivity contribution in [2.75, 3.05) is 6.54 Å². The van der Waals surface area contributed by atoms with E-state index >= 15 is 0 Å². The first-order valence-electron chi connectivity index (χ1n) is 10.5. The third-order valence-corrected chi connectivity index (χ3v) is 8.46. The Morgan fingerprint density at radius 3 is 2.31 bits per heavy atom. The fraction of sp³-hybridized carbons (Fsp3) is 0.292. The Balaban J connectivity index is 1.58. The molecular weight excluding hydrogens is 447 g/mol. The molecule has 0 N–H and O–H groups in total. The SMILES string of the molecule is Cc1ccsc1CN(Cc1ccc(F)cc1)C(=O)CN(C1CC1)S(=O)(=O)c1ccccc1. The molecule has 2 aromatic carbocycles. The second kappa shape index (κ2) is 9.52. The number of hydrogen-bond donors (Lipinski definition) is 0. The number of thiophene rings is 1. The molecule has 8 heteroatoms. The third kappa shape index (κ3) is 5.26. The molecule has 4 rings (SSSR count). The predicted molar refractivity (Wildman–Crippen MR) is 123 cm³/mol. The van der Waals surface area contributed by atoms with Crippen LogP contribution in [0.5, 0.6) is 0 Å². The lowest BCUT2D eigenvalue weighted by atomic mass is 10.2. The van der Waals surface area contributed by atoms with Gasteiger partial charge in [-0.15, -0.1) is 11.3 Å². The van der Waals surface area contributed by atoms with E-state index in [0.29, 0.717) is 6.54 Å². The zero-order valence-electron chi connectivity index (χ0n) is 17.8. The average Bonchev–Trinajstić information content (AvgIpc) is 3.55. The number of carbonyl (C=O) groups is 1. The smallest absolute Gasteiger partial charge is 0.243 e. The first-order chi connectivity index (χ1) is 15.3. The number of amides is 1. The van der Waals surface area contributed by atoms with Crippen LogP contribution in [0.2, 0.25) is 0 Å². The highest BCUT2D eigenvalue weighted by Crippen LogP contribution is 2.32. The van der Waals surface area contributed by atoms with Crippen molar-refractivity contribution in [1.29, 1.82) is 0 Å². The van der Waals surface area contributed by atoms with Crippen molar-refractivity contribution in [2.24, 2.45) is 0 Å². The summed E-state index contributed by atoms with van der Waals surface area (Å²) in [6.45, 7) is 2.43. The zero-order chi connectivity index (χ0) is 22.7. The van der Waals surface area contributed by atoms with Crippen LogP contribution in [0.1, 0.15) is 28.8 Å². The maximum absolute atomic E-state index is 13.4. The molecule has 0 atom stereocenters. The summed E-state index contributed by atoms with van der Waals surface area (Å²) in [7, 11) is -3.78. The fourth-order valence-electron chi connectivity index (χ4n) is 3.52. The number of aryl methyl sites for hydroxylation is 1. The van der Waals surface area contributed by atoms with E-state index in [0.717, 1.165) is 28.8 Å². The minimum absolute atomic E-state index is 0.152. The van der Waals surface area contributed by atoms with Gasteiger partial charge < -0.3 is 4.90 Å². The summed E-state index contributed by atoms with van der Waals surface area (Å²) in [6.07, 6.45) is 1.50. The Bertz CT molecular complexity index is 1170. The number of benzene rings is 2. The molecule has 0 radical (unpaired) electrons. The van der Waals surface area contributed by atoms with Crippen molar-refractivity contribution in [3.63, 3.8) is 0 Å². The van der Waals surface area contributed by atoms with E-state index in [1.807, 2.05) is 18.4 Å². The molecule has 168 valence electrons. The van der Waals surface area contributed by atoms with E-state index in [-0.39, 0.29) is 35.8 Å². The molecule has 1 aliphatic carbocycles. The molecule has 0 unspecified atom stereocenters. The van der Waals surface area contributed by atoms with Crippen LogP contribution >= 0.6 is 11.3 Å². The summed E-state index contributed by atoms with van der Waals surface area (Å²) in [5.74, 6) is -0.608. The molecule has 1 saturated carbocycles.